The number of hydrogen-bond donors (Lipinski definition) is 1. The van der Waals surface area contributed by atoms with Crippen molar-refractivity contribution in [2.45, 2.75) is 12.8 Å². The van der Waals surface area contributed by atoms with Crippen molar-refractivity contribution in [2.24, 2.45) is 20.0 Å². The van der Waals surface area contributed by atoms with Crippen LogP contribution in [0.1, 0.15) is 24.0 Å². The van der Waals surface area contributed by atoms with Gasteiger partial charge in [0.2, 0.25) is 0 Å². The van der Waals surface area contributed by atoms with Crippen molar-refractivity contribution < 1.29 is 14.3 Å². The van der Waals surface area contributed by atoms with Gasteiger partial charge in [-0.15, -0.1) is 0 Å². The monoisotopic (exact) mass is 411 g/mol. The number of nitrogens with one attached hydrogen (secondary N) is 1. The summed E-state index contributed by atoms with van der Waals surface area (Å²) in [5.41, 5.74) is 0.403. The van der Waals surface area contributed by atoms with E-state index in [0.717, 1.165) is 4.57 Å². The van der Waals surface area contributed by atoms with Crippen LogP contribution in [0, 0.1) is 5.92 Å². The summed E-state index contributed by atoms with van der Waals surface area (Å²) in [7, 11) is 2.97. The van der Waals surface area contributed by atoms with Crippen molar-refractivity contribution >= 4 is 11.8 Å². The maximum absolute atomic E-state index is 13.1. The summed E-state index contributed by atoms with van der Waals surface area (Å²) in [6.45, 7) is 9.99. The number of carbonyl (C=O) groups is 1. The second-order valence-corrected chi connectivity index (χ2v) is 6.99. The molecule has 0 unspecified atom stereocenters. The fourth-order valence-corrected chi connectivity index (χ4v) is 3.71. The second kappa shape index (κ2) is 8.44. The number of nitrogens with zero attached hydrogens (tertiary/aromatic N) is 2. The Morgan fingerprint density at radius 2 is 1.87 bits per heavy atom. The second-order valence-electron chi connectivity index (χ2n) is 6.99. The third-order valence-electron chi connectivity index (χ3n) is 5.15. The standard InChI is InChI=1S/C22H25N3O5/c1-6-12-30-21(27)16-13(3)23-19-18(20(26)25(5)22(28)24(19)4)17(16)14-8-10-15(11-9-14)29-7-2/h6,8-11,16-17,23H,1,3,7,12H2,2,4-5H3/t16-,17-/m1/s1. The molecule has 1 aliphatic rings. The minimum absolute atomic E-state index is 0.0384. The lowest BCUT2D eigenvalue weighted by Gasteiger charge is -2.35. The number of esters is 1. The Morgan fingerprint density at radius 3 is 2.47 bits per heavy atom. The molecule has 8 nitrogen and oxygen atoms in total. The van der Waals surface area contributed by atoms with E-state index in [9.17, 15) is 14.4 Å². The minimum atomic E-state index is -0.861. The van der Waals surface area contributed by atoms with Crippen LogP contribution in [0.2, 0.25) is 0 Å². The molecule has 2 atom stereocenters. The highest BCUT2D eigenvalue weighted by Crippen LogP contribution is 2.42. The van der Waals surface area contributed by atoms with Crippen molar-refractivity contribution in [3.05, 3.63) is 81.2 Å². The number of ether oxygens (including phenoxy) is 2. The van der Waals surface area contributed by atoms with Gasteiger partial charge in [0.1, 0.15) is 24.1 Å². The maximum Gasteiger partial charge on any atom is 0.332 e. The molecule has 1 aliphatic heterocycles. The quantitative estimate of drug-likeness (QED) is 0.577. The highest BCUT2D eigenvalue weighted by atomic mass is 16.5. The van der Waals surface area contributed by atoms with Crippen LogP contribution in [-0.2, 0) is 23.6 Å². The van der Waals surface area contributed by atoms with Gasteiger partial charge in [0, 0.05) is 25.7 Å². The molecule has 0 aliphatic carbocycles. The number of fused-ring (bicyclic) bond motifs is 1. The maximum atomic E-state index is 13.1. The van der Waals surface area contributed by atoms with Gasteiger partial charge in [-0.2, -0.15) is 0 Å². The Balaban J connectivity index is 2.25. The van der Waals surface area contributed by atoms with Crippen LogP contribution in [0.25, 0.3) is 0 Å². The molecule has 0 fully saturated rings. The van der Waals surface area contributed by atoms with Crippen molar-refractivity contribution in [2.75, 3.05) is 18.5 Å². The van der Waals surface area contributed by atoms with Crippen LogP contribution in [0.15, 0.2) is 58.8 Å². The van der Waals surface area contributed by atoms with E-state index in [1.807, 2.05) is 6.92 Å². The lowest BCUT2D eigenvalue weighted by atomic mass is 9.77. The lowest BCUT2D eigenvalue weighted by Crippen LogP contribution is -2.46. The van der Waals surface area contributed by atoms with E-state index in [0.29, 0.717) is 35.0 Å². The van der Waals surface area contributed by atoms with Gasteiger partial charge in [-0.25, -0.2) is 4.79 Å². The number of anilines is 1. The van der Waals surface area contributed by atoms with Crippen molar-refractivity contribution in [1.82, 2.24) is 9.13 Å². The van der Waals surface area contributed by atoms with E-state index < -0.39 is 29.1 Å². The molecular weight excluding hydrogens is 386 g/mol. The van der Waals surface area contributed by atoms with Gasteiger partial charge in [-0.3, -0.25) is 18.7 Å². The molecule has 0 amide bonds. The molecule has 2 heterocycles. The minimum Gasteiger partial charge on any atom is -0.494 e. The molecule has 0 spiro atoms. The Morgan fingerprint density at radius 1 is 1.20 bits per heavy atom. The first-order valence-corrected chi connectivity index (χ1v) is 9.57. The predicted octanol–water partition coefficient (Wildman–Crippen LogP) is 1.90. The molecule has 158 valence electrons. The molecular formula is C22H25N3O5. The number of rotatable bonds is 6. The number of hydrogen-bond acceptors (Lipinski definition) is 6. The first-order chi connectivity index (χ1) is 14.3. The van der Waals surface area contributed by atoms with Crippen molar-refractivity contribution in [1.29, 1.82) is 0 Å². The molecule has 2 aromatic rings. The van der Waals surface area contributed by atoms with Crippen LogP contribution in [-0.4, -0.2) is 28.3 Å². The molecule has 0 saturated heterocycles. The number of aromatic nitrogens is 2. The summed E-state index contributed by atoms with van der Waals surface area (Å²) < 4.78 is 13.2. The molecule has 1 N–H and O–H groups in total. The largest absolute Gasteiger partial charge is 0.494 e. The Labute approximate surface area is 174 Å². The Bertz CT molecular complexity index is 1110. The fourth-order valence-electron chi connectivity index (χ4n) is 3.71. The average molecular weight is 411 g/mol. The van der Waals surface area contributed by atoms with Crippen LogP contribution < -0.4 is 21.3 Å². The van der Waals surface area contributed by atoms with E-state index in [2.05, 4.69) is 18.5 Å². The number of benzene rings is 1. The SMILES string of the molecule is C=CCOC(=O)[C@@H]1C(=C)Nc2c(c(=O)n(C)c(=O)n2C)[C@@H]1c1ccc(OCC)cc1. The molecule has 30 heavy (non-hydrogen) atoms. The summed E-state index contributed by atoms with van der Waals surface area (Å²) in [5, 5.41) is 2.98. The van der Waals surface area contributed by atoms with Gasteiger partial charge in [-0.1, -0.05) is 31.4 Å². The van der Waals surface area contributed by atoms with E-state index in [-0.39, 0.29) is 6.61 Å². The van der Waals surface area contributed by atoms with Gasteiger partial charge >= 0.3 is 11.7 Å². The number of carbonyl (C=O) groups excluding carboxylic acids is 1. The molecule has 0 bridgehead atoms. The summed E-state index contributed by atoms with van der Waals surface area (Å²) in [4.78, 5) is 38.4. The van der Waals surface area contributed by atoms with Crippen molar-refractivity contribution in [3.8, 4) is 5.75 Å². The summed E-state index contributed by atoms with van der Waals surface area (Å²) >= 11 is 0. The molecule has 8 heteroatoms. The zero-order valence-corrected chi connectivity index (χ0v) is 17.3. The Kier molecular flexibility index (Phi) is 5.96. The van der Waals surface area contributed by atoms with Gasteiger partial charge in [0.25, 0.3) is 5.56 Å². The van der Waals surface area contributed by atoms with Crippen LogP contribution in [0.5, 0.6) is 5.75 Å². The highest BCUT2D eigenvalue weighted by molar-refractivity contribution is 5.81. The normalized spacial score (nSPS) is 17.6. The summed E-state index contributed by atoms with van der Waals surface area (Å²) in [6.07, 6.45) is 1.47. The van der Waals surface area contributed by atoms with E-state index >= 15 is 0 Å². The first-order valence-electron chi connectivity index (χ1n) is 9.57. The van der Waals surface area contributed by atoms with Gasteiger partial charge < -0.3 is 14.8 Å². The van der Waals surface area contributed by atoms with Crippen LogP contribution in [0.3, 0.4) is 0 Å². The molecule has 1 aromatic carbocycles. The average Bonchev–Trinajstić information content (AvgIpc) is 2.74. The van der Waals surface area contributed by atoms with Crippen LogP contribution in [0.4, 0.5) is 5.82 Å². The molecule has 1 aromatic heterocycles. The van der Waals surface area contributed by atoms with E-state index in [1.165, 1.54) is 17.7 Å². The van der Waals surface area contributed by atoms with Gasteiger partial charge in [0.15, 0.2) is 0 Å². The topological polar surface area (TPSA) is 91.6 Å². The molecule has 0 saturated carbocycles. The lowest BCUT2D eigenvalue weighted by molar-refractivity contribution is -0.146. The Hall–Kier alpha value is -3.55. The third-order valence-corrected chi connectivity index (χ3v) is 5.15. The summed E-state index contributed by atoms with van der Waals surface area (Å²) in [6, 6.07) is 7.16. The highest BCUT2D eigenvalue weighted by Gasteiger charge is 2.42. The van der Waals surface area contributed by atoms with Gasteiger partial charge in [-0.05, 0) is 24.6 Å². The van der Waals surface area contributed by atoms with Crippen molar-refractivity contribution in [3.63, 3.8) is 0 Å². The van der Waals surface area contributed by atoms with Crippen LogP contribution >= 0.6 is 0 Å². The zero-order valence-electron chi connectivity index (χ0n) is 17.3. The van der Waals surface area contributed by atoms with Gasteiger partial charge in [0.05, 0.1) is 12.2 Å². The fraction of sp³-hybridized carbons (Fsp3) is 0.318. The zero-order chi connectivity index (χ0) is 22.0. The first kappa shape index (κ1) is 21.2. The predicted molar refractivity (Wildman–Crippen MR) is 114 cm³/mol. The third kappa shape index (κ3) is 3.56. The smallest absolute Gasteiger partial charge is 0.332 e. The molecule has 0 radical (unpaired) electrons. The summed E-state index contributed by atoms with van der Waals surface area (Å²) in [5.74, 6) is -1.09. The van der Waals surface area contributed by atoms with E-state index in [4.69, 9.17) is 9.47 Å². The van der Waals surface area contributed by atoms with E-state index in [1.54, 1.807) is 31.3 Å². The molecule has 3 rings (SSSR count).